The van der Waals surface area contributed by atoms with Gasteiger partial charge in [-0.05, 0) is 31.5 Å². The zero-order chi connectivity index (χ0) is 20.8. The molecule has 3 rings (SSSR count). The van der Waals surface area contributed by atoms with Crippen LogP contribution < -0.4 is 19.6 Å². The van der Waals surface area contributed by atoms with Crippen molar-refractivity contribution in [3.05, 3.63) is 23.2 Å². The van der Waals surface area contributed by atoms with Gasteiger partial charge in [0.05, 0.1) is 25.3 Å². The Balaban J connectivity index is 0.000000409. The number of carboxylic acids is 2. The highest BCUT2D eigenvalue weighted by Gasteiger charge is 2.36. The van der Waals surface area contributed by atoms with E-state index in [0.29, 0.717) is 17.5 Å². The van der Waals surface area contributed by atoms with Crippen molar-refractivity contribution in [3.63, 3.8) is 0 Å². The highest BCUT2D eigenvalue weighted by atomic mass is 35.5. The summed E-state index contributed by atoms with van der Waals surface area (Å²) in [7, 11) is 0. The third-order valence-electron chi connectivity index (χ3n) is 4.97. The molecule has 2 aliphatic rings. The van der Waals surface area contributed by atoms with Crippen molar-refractivity contribution in [2.24, 2.45) is 0 Å². The average Bonchev–Trinajstić information content (AvgIpc) is 3.19. The molecule has 154 valence electrons. The molecular formula is C19H25ClN2O6. The van der Waals surface area contributed by atoms with Crippen molar-refractivity contribution in [3.8, 4) is 5.75 Å². The van der Waals surface area contributed by atoms with Crippen LogP contribution in [0.2, 0.25) is 5.02 Å². The Kier molecular flexibility index (Phi) is 7.65. The molecule has 0 radical (unpaired) electrons. The van der Waals surface area contributed by atoms with Crippen LogP contribution in [0.1, 0.15) is 33.1 Å². The van der Waals surface area contributed by atoms with Crippen LogP contribution in [0.15, 0.2) is 18.2 Å². The van der Waals surface area contributed by atoms with E-state index >= 15 is 0 Å². The molecule has 0 aromatic heterocycles. The van der Waals surface area contributed by atoms with Gasteiger partial charge in [-0.25, -0.2) is 4.79 Å². The fourth-order valence-corrected chi connectivity index (χ4v) is 3.63. The van der Waals surface area contributed by atoms with E-state index < -0.39 is 11.9 Å². The summed E-state index contributed by atoms with van der Waals surface area (Å²) in [6, 6.07) is 5.95. The molecule has 2 heterocycles. The third kappa shape index (κ3) is 5.36. The van der Waals surface area contributed by atoms with Crippen LogP contribution in [0, 0.1) is 0 Å². The number of ether oxygens (including phenoxy) is 1. The number of carboxylic acid groups (broad SMARTS) is 2. The number of aliphatic carboxylic acids is 2. The van der Waals surface area contributed by atoms with Gasteiger partial charge in [0, 0.05) is 17.9 Å². The molecule has 0 spiro atoms. The second-order valence-corrected chi connectivity index (χ2v) is 7.37. The lowest BCUT2D eigenvalue weighted by atomic mass is 10.1. The normalized spacial score (nSPS) is 19.9. The lowest BCUT2D eigenvalue weighted by Gasteiger charge is -2.36. The predicted octanol–water partition coefficient (Wildman–Crippen LogP) is -0.268. The number of benzene rings is 1. The number of amides is 1. The van der Waals surface area contributed by atoms with Crippen LogP contribution in [0.4, 0.5) is 5.69 Å². The molecule has 0 bridgehead atoms. The number of carbonyl (C=O) groups is 3. The first-order valence-corrected chi connectivity index (χ1v) is 9.68. The number of nitrogens with zero attached hydrogens (tertiary/aromatic N) is 1. The highest BCUT2D eigenvalue weighted by Crippen LogP contribution is 2.36. The van der Waals surface area contributed by atoms with E-state index in [9.17, 15) is 4.79 Å². The molecule has 2 atom stereocenters. The minimum absolute atomic E-state index is 0.0581. The molecule has 0 aliphatic carbocycles. The van der Waals surface area contributed by atoms with Gasteiger partial charge in [0.15, 0.2) is 12.1 Å². The number of carbonyl (C=O) groups excluding carboxylic acids is 2. The summed E-state index contributed by atoms with van der Waals surface area (Å²) in [5, 5.41) is 17.0. The molecule has 1 aromatic carbocycles. The Hall–Kier alpha value is -2.32. The van der Waals surface area contributed by atoms with E-state index in [1.54, 1.807) is 4.90 Å². The van der Waals surface area contributed by atoms with Crippen molar-refractivity contribution in [1.82, 2.24) is 0 Å². The number of halogens is 1. The third-order valence-corrected chi connectivity index (χ3v) is 5.20. The standard InChI is InChI=1S/C17H23ClN2O2.C2H2O4/c1-3-15-17(21)20(11-12(2)19-8-4-5-9-19)14-10-13(18)6-7-16(14)22-15;3-1(4)2(5)6/h6-7,10,12,15H,3-5,8-9,11H2,1-2H3;(H,3,4)(H,5,6). The first kappa shape index (κ1) is 22.0. The SMILES string of the molecule is CCC1Oc2ccc(Cl)cc2N(CC(C)[NH+]2CCCC2)C1=O.O=C([O-])C(=O)O. The predicted molar refractivity (Wildman–Crippen MR) is 101 cm³/mol. The van der Waals surface area contributed by atoms with E-state index in [4.69, 9.17) is 36.1 Å². The number of hydrogen-bond donors (Lipinski definition) is 2. The average molecular weight is 413 g/mol. The summed E-state index contributed by atoms with van der Waals surface area (Å²) in [6.07, 6.45) is 2.88. The fourth-order valence-electron chi connectivity index (χ4n) is 3.47. The molecule has 28 heavy (non-hydrogen) atoms. The fraction of sp³-hybridized carbons (Fsp3) is 0.526. The smallest absolute Gasteiger partial charge is 0.351 e. The molecule has 1 saturated heterocycles. The number of hydrogen-bond acceptors (Lipinski definition) is 5. The molecule has 1 amide bonds. The van der Waals surface area contributed by atoms with E-state index in [-0.39, 0.29) is 12.0 Å². The minimum atomic E-state index is -2.07. The van der Waals surface area contributed by atoms with E-state index in [1.165, 1.54) is 25.9 Å². The maximum atomic E-state index is 12.7. The lowest BCUT2D eigenvalue weighted by molar-refractivity contribution is -0.909. The summed E-state index contributed by atoms with van der Waals surface area (Å²) in [5.74, 6) is -3.19. The summed E-state index contributed by atoms with van der Waals surface area (Å²) >= 11 is 6.12. The maximum absolute atomic E-state index is 12.7. The summed E-state index contributed by atoms with van der Waals surface area (Å²) in [4.78, 5) is 34.2. The Morgan fingerprint density at radius 2 is 2.00 bits per heavy atom. The Morgan fingerprint density at radius 1 is 1.39 bits per heavy atom. The van der Waals surface area contributed by atoms with Gasteiger partial charge in [-0.3, -0.25) is 9.69 Å². The van der Waals surface area contributed by atoms with Gasteiger partial charge in [0.2, 0.25) is 0 Å². The van der Waals surface area contributed by atoms with Crippen LogP contribution in [0.5, 0.6) is 5.75 Å². The molecule has 2 aliphatic heterocycles. The maximum Gasteiger partial charge on any atom is 0.351 e. The van der Waals surface area contributed by atoms with Crippen molar-refractivity contribution < 1.29 is 34.2 Å². The van der Waals surface area contributed by atoms with Crippen LogP contribution in [0.3, 0.4) is 0 Å². The monoisotopic (exact) mass is 412 g/mol. The number of fused-ring (bicyclic) bond motifs is 1. The van der Waals surface area contributed by atoms with E-state index in [1.807, 2.05) is 30.0 Å². The van der Waals surface area contributed by atoms with Gasteiger partial charge in [0.25, 0.3) is 5.91 Å². The molecule has 1 aromatic rings. The molecule has 8 nitrogen and oxygen atoms in total. The molecule has 2 unspecified atom stereocenters. The number of likely N-dealkylation sites (tertiary alicyclic amines) is 1. The Labute approximate surface area is 168 Å². The Morgan fingerprint density at radius 3 is 2.54 bits per heavy atom. The zero-order valence-corrected chi connectivity index (χ0v) is 16.7. The largest absolute Gasteiger partial charge is 0.539 e. The molecule has 1 fully saturated rings. The van der Waals surface area contributed by atoms with Crippen molar-refractivity contribution in [2.75, 3.05) is 24.5 Å². The van der Waals surface area contributed by atoms with E-state index in [0.717, 1.165) is 18.0 Å². The number of quaternary nitrogens is 1. The topological polar surface area (TPSA) is 111 Å². The van der Waals surface area contributed by atoms with Crippen LogP contribution in [0.25, 0.3) is 0 Å². The quantitative estimate of drug-likeness (QED) is 0.659. The van der Waals surface area contributed by atoms with Gasteiger partial charge in [-0.2, -0.15) is 0 Å². The molecular weight excluding hydrogens is 388 g/mol. The van der Waals surface area contributed by atoms with Crippen molar-refractivity contribution in [2.45, 2.75) is 45.3 Å². The zero-order valence-electron chi connectivity index (χ0n) is 15.9. The molecule has 2 N–H and O–H groups in total. The Bertz CT molecular complexity index is 723. The summed E-state index contributed by atoms with van der Waals surface area (Å²) in [6.45, 7) is 7.35. The van der Waals surface area contributed by atoms with Crippen LogP contribution >= 0.6 is 11.6 Å². The van der Waals surface area contributed by atoms with Gasteiger partial charge in [-0.1, -0.05) is 18.5 Å². The summed E-state index contributed by atoms with van der Waals surface area (Å²) < 4.78 is 5.83. The number of anilines is 1. The van der Waals surface area contributed by atoms with Gasteiger partial charge < -0.3 is 24.6 Å². The first-order chi connectivity index (χ1) is 13.2. The highest BCUT2D eigenvalue weighted by molar-refractivity contribution is 6.31. The van der Waals surface area contributed by atoms with Crippen molar-refractivity contribution >= 4 is 35.1 Å². The van der Waals surface area contributed by atoms with E-state index in [2.05, 4.69) is 6.92 Å². The minimum Gasteiger partial charge on any atom is -0.539 e. The van der Waals surface area contributed by atoms with Gasteiger partial charge in [-0.15, -0.1) is 0 Å². The van der Waals surface area contributed by atoms with Crippen LogP contribution in [-0.2, 0) is 14.4 Å². The van der Waals surface area contributed by atoms with Gasteiger partial charge >= 0.3 is 5.97 Å². The number of rotatable bonds is 4. The molecule has 9 heteroatoms. The van der Waals surface area contributed by atoms with Crippen LogP contribution in [-0.4, -0.2) is 54.7 Å². The summed E-state index contributed by atoms with van der Waals surface area (Å²) in [5.41, 5.74) is 0.813. The second kappa shape index (κ2) is 9.75. The first-order valence-electron chi connectivity index (χ1n) is 9.31. The van der Waals surface area contributed by atoms with Gasteiger partial charge in [0.1, 0.15) is 11.8 Å². The second-order valence-electron chi connectivity index (χ2n) is 6.93. The lowest BCUT2D eigenvalue weighted by Crippen LogP contribution is -3.14. The van der Waals surface area contributed by atoms with Crippen molar-refractivity contribution in [1.29, 1.82) is 0 Å². The molecule has 0 saturated carbocycles. The number of nitrogens with one attached hydrogen (secondary N) is 1.